The van der Waals surface area contributed by atoms with Crippen LogP contribution in [0.2, 0.25) is 0 Å². The second-order valence-electron chi connectivity index (χ2n) is 7.47. The van der Waals surface area contributed by atoms with Crippen molar-refractivity contribution in [3.05, 3.63) is 29.2 Å². The normalized spacial score (nSPS) is 21.4. The van der Waals surface area contributed by atoms with Crippen LogP contribution in [0, 0.1) is 12.8 Å². The second-order valence-corrected chi connectivity index (χ2v) is 7.47. The molecule has 1 aromatic rings. The van der Waals surface area contributed by atoms with Crippen LogP contribution in [-0.4, -0.2) is 43.2 Å². The van der Waals surface area contributed by atoms with E-state index in [1.807, 2.05) is 19.1 Å². The van der Waals surface area contributed by atoms with Gasteiger partial charge in [-0.3, -0.25) is 0 Å². The lowest BCUT2D eigenvalue weighted by atomic mass is 9.86. The van der Waals surface area contributed by atoms with E-state index < -0.39 is 0 Å². The minimum absolute atomic E-state index is 0.196. The van der Waals surface area contributed by atoms with E-state index in [0.29, 0.717) is 23.0 Å². The van der Waals surface area contributed by atoms with Gasteiger partial charge >= 0.3 is 0 Å². The highest BCUT2D eigenvalue weighted by molar-refractivity contribution is 5.63. The van der Waals surface area contributed by atoms with Crippen LogP contribution >= 0.6 is 0 Å². The number of aryl methyl sites for hydroxylation is 1. The summed E-state index contributed by atoms with van der Waals surface area (Å²) in [5.41, 5.74) is 9.04. The Bertz CT molecular complexity index is 653. The molecule has 150 valence electrons. The smallest absolute Gasteiger partial charge is 0.158 e. The summed E-state index contributed by atoms with van der Waals surface area (Å²) in [7, 11) is 1.75. The molecule has 3 rings (SSSR count). The third kappa shape index (κ3) is 5.34. The van der Waals surface area contributed by atoms with Crippen LogP contribution in [0.1, 0.15) is 49.9 Å². The molecule has 1 unspecified atom stereocenters. The van der Waals surface area contributed by atoms with Crippen molar-refractivity contribution in [2.75, 3.05) is 26.9 Å². The molecule has 1 aliphatic carbocycles. The number of hydrazine groups is 1. The van der Waals surface area contributed by atoms with Gasteiger partial charge in [0.1, 0.15) is 5.75 Å². The summed E-state index contributed by atoms with van der Waals surface area (Å²) in [6.45, 7) is 3.72. The van der Waals surface area contributed by atoms with Crippen molar-refractivity contribution in [2.45, 2.75) is 51.7 Å². The van der Waals surface area contributed by atoms with Gasteiger partial charge in [0.2, 0.25) is 0 Å². The summed E-state index contributed by atoms with van der Waals surface area (Å²) in [4.78, 5) is 4.62. The summed E-state index contributed by atoms with van der Waals surface area (Å²) in [6, 6.07) is 3.81. The molecule has 1 saturated carbocycles. The summed E-state index contributed by atoms with van der Waals surface area (Å²) in [5, 5.41) is 1.48. The van der Waals surface area contributed by atoms with Gasteiger partial charge in [-0.05, 0) is 57.1 Å². The Hall–Kier alpha value is -1.83. The molecule has 1 aromatic heterocycles. The van der Waals surface area contributed by atoms with Crippen LogP contribution in [0.3, 0.4) is 0 Å². The van der Waals surface area contributed by atoms with Gasteiger partial charge in [0.15, 0.2) is 6.29 Å². The van der Waals surface area contributed by atoms with Gasteiger partial charge in [0.25, 0.3) is 0 Å². The number of aromatic nitrogens is 1. The quantitative estimate of drug-likeness (QED) is 0.532. The molecule has 27 heavy (non-hydrogen) atoms. The zero-order valence-electron chi connectivity index (χ0n) is 16.4. The monoisotopic (exact) mass is 376 g/mol. The molecule has 1 saturated heterocycles. The first-order valence-corrected chi connectivity index (χ1v) is 9.85. The maximum Gasteiger partial charge on any atom is 0.158 e. The van der Waals surface area contributed by atoms with Crippen molar-refractivity contribution in [1.82, 2.24) is 9.99 Å². The fourth-order valence-corrected chi connectivity index (χ4v) is 3.25. The maximum atomic E-state index is 6.36. The molecule has 0 spiro atoms. The van der Waals surface area contributed by atoms with E-state index in [1.54, 1.807) is 7.05 Å². The molecular formula is C20H32N4O3. The van der Waals surface area contributed by atoms with Crippen molar-refractivity contribution >= 4 is 5.70 Å². The lowest BCUT2D eigenvalue weighted by Gasteiger charge is -2.26. The van der Waals surface area contributed by atoms with Gasteiger partial charge in [-0.1, -0.05) is 6.42 Å². The zero-order valence-corrected chi connectivity index (χ0v) is 16.4. The molecule has 2 fully saturated rings. The van der Waals surface area contributed by atoms with Crippen molar-refractivity contribution in [2.24, 2.45) is 17.5 Å². The number of ether oxygens (including phenoxy) is 3. The van der Waals surface area contributed by atoms with Gasteiger partial charge in [-0.15, -0.1) is 0 Å². The van der Waals surface area contributed by atoms with Gasteiger partial charge in [-0.25, -0.2) is 10.8 Å². The Balaban J connectivity index is 1.67. The van der Waals surface area contributed by atoms with Gasteiger partial charge < -0.3 is 25.0 Å². The summed E-state index contributed by atoms with van der Waals surface area (Å²) in [5.74, 6) is 7.48. The number of pyridine rings is 1. The molecule has 4 N–H and O–H groups in total. The molecule has 7 nitrogen and oxygen atoms in total. The number of hydrogen-bond donors (Lipinski definition) is 2. The van der Waals surface area contributed by atoms with Crippen molar-refractivity contribution in [1.29, 1.82) is 0 Å². The molecule has 7 heteroatoms. The number of likely N-dealkylation sites (N-methyl/N-ethyl adjacent to an activating group) is 1. The molecule has 2 heterocycles. The second kappa shape index (κ2) is 9.39. The molecule has 2 aliphatic rings. The standard InChI is InChI=1S/C20H32N4O3/c1-14-18(26-12-15-6-5-7-15)10-9-16(23-14)20(21)17(24(2)22)13-27-19-8-3-4-11-25-19/h9-10,15,19H,3-8,11-13,21-22H2,1-2H3/b20-17-. The minimum Gasteiger partial charge on any atom is -0.491 e. The van der Waals surface area contributed by atoms with Gasteiger partial charge in [0.05, 0.1) is 36.0 Å². The molecule has 1 atom stereocenters. The zero-order chi connectivity index (χ0) is 19.2. The fraction of sp³-hybridized carbons (Fsp3) is 0.650. The van der Waals surface area contributed by atoms with Crippen molar-refractivity contribution in [3.8, 4) is 5.75 Å². The first-order chi connectivity index (χ1) is 13.0. The highest BCUT2D eigenvalue weighted by Crippen LogP contribution is 2.28. The molecule has 0 amide bonds. The fourth-order valence-electron chi connectivity index (χ4n) is 3.25. The largest absolute Gasteiger partial charge is 0.491 e. The van der Waals surface area contributed by atoms with E-state index in [0.717, 1.165) is 43.9 Å². The van der Waals surface area contributed by atoms with E-state index in [4.69, 9.17) is 25.8 Å². The Morgan fingerprint density at radius 2 is 2.07 bits per heavy atom. The molecule has 0 bridgehead atoms. The summed E-state index contributed by atoms with van der Waals surface area (Å²) < 4.78 is 17.4. The molecule has 0 aromatic carbocycles. The average molecular weight is 377 g/mol. The first-order valence-electron chi connectivity index (χ1n) is 9.85. The third-order valence-electron chi connectivity index (χ3n) is 5.29. The first kappa shape index (κ1) is 19.9. The van der Waals surface area contributed by atoms with Crippen LogP contribution in [0.5, 0.6) is 5.75 Å². The van der Waals surface area contributed by atoms with E-state index in [1.165, 1.54) is 24.3 Å². The highest BCUT2D eigenvalue weighted by atomic mass is 16.7. The summed E-state index contributed by atoms with van der Waals surface area (Å²) in [6.07, 6.45) is 6.73. The lowest BCUT2D eigenvalue weighted by Crippen LogP contribution is -2.33. The minimum atomic E-state index is -0.196. The van der Waals surface area contributed by atoms with E-state index in [-0.39, 0.29) is 12.9 Å². The SMILES string of the molecule is Cc1nc(/C(N)=C(\COC2CCCCO2)N(C)N)ccc1OCC1CCC1. The Morgan fingerprint density at radius 1 is 1.26 bits per heavy atom. The van der Waals surface area contributed by atoms with E-state index >= 15 is 0 Å². The van der Waals surface area contributed by atoms with Crippen LogP contribution in [0.15, 0.2) is 17.8 Å². The Kier molecular flexibility index (Phi) is 6.93. The average Bonchev–Trinajstić information content (AvgIpc) is 2.62. The Labute approximate surface area is 161 Å². The highest BCUT2D eigenvalue weighted by Gasteiger charge is 2.20. The number of hydrogen-bond acceptors (Lipinski definition) is 7. The topological polar surface area (TPSA) is 95.9 Å². The van der Waals surface area contributed by atoms with Crippen LogP contribution in [0.4, 0.5) is 0 Å². The van der Waals surface area contributed by atoms with Gasteiger partial charge in [0, 0.05) is 13.7 Å². The van der Waals surface area contributed by atoms with E-state index in [9.17, 15) is 0 Å². The van der Waals surface area contributed by atoms with Crippen LogP contribution in [-0.2, 0) is 9.47 Å². The third-order valence-corrected chi connectivity index (χ3v) is 5.29. The van der Waals surface area contributed by atoms with Crippen LogP contribution < -0.4 is 16.3 Å². The van der Waals surface area contributed by atoms with Gasteiger partial charge in [-0.2, -0.15) is 0 Å². The van der Waals surface area contributed by atoms with Crippen molar-refractivity contribution < 1.29 is 14.2 Å². The number of rotatable bonds is 8. The van der Waals surface area contributed by atoms with Crippen LogP contribution in [0.25, 0.3) is 5.70 Å². The van der Waals surface area contributed by atoms with Crippen molar-refractivity contribution in [3.63, 3.8) is 0 Å². The lowest BCUT2D eigenvalue weighted by molar-refractivity contribution is -0.158. The van der Waals surface area contributed by atoms with E-state index in [2.05, 4.69) is 4.98 Å². The number of nitrogens with two attached hydrogens (primary N) is 2. The molecule has 0 radical (unpaired) electrons. The number of nitrogens with zero attached hydrogens (tertiary/aromatic N) is 2. The molecule has 1 aliphatic heterocycles. The maximum absolute atomic E-state index is 6.36. The molecular weight excluding hydrogens is 344 g/mol. The summed E-state index contributed by atoms with van der Waals surface area (Å²) >= 11 is 0. The predicted molar refractivity (Wildman–Crippen MR) is 104 cm³/mol. The predicted octanol–water partition coefficient (Wildman–Crippen LogP) is 2.54. The Morgan fingerprint density at radius 3 is 2.67 bits per heavy atom.